The van der Waals surface area contributed by atoms with Gasteiger partial charge >= 0.3 is 0 Å². The van der Waals surface area contributed by atoms with Crippen LogP contribution in [0.4, 0.5) is 0 Å². The molecule has 0 saturated carbocycles. The van der Waals surface area contributed by atoms with Crippen LogP contribution in [0.2, 0.25) is 0 Å². The molecule has 0 unspecified atom stereocenters. The van der Waals surface area contributed by atoms with Crippen LogP contribution in [0.1, 0.15) is 12.8 Å². The molecule has 0 heterocycles. The first-order valence-corrected chi connectivity index (χ1v) is 3.89. The summed E-state index contributed by atoms with van der Waals surface area (Å²) in [5.41, 5.74) is 0. The Morgan fingerprint density at radius 2 is 0.917 bits per heavy atom. The molecule has 0 saturated heterocycles. The van der Waals surface area contributed by atoms with E-state index in [0.29, 0.717) is 0 Å². The summed E-state index contributed by atoms with van der Waals surface area (Å²) in [6.07, 6.45) is 1.19. The van der Waals surface area contributed by atoms with Gasteiger partial charge in [-0.25, -0.2) is 0 Å². The van der Waals surface area contributed by atoms with E-state index in [1.54, 1.807) is 28.4 Å². The third-order valence-electron chi connectivity index (χ3n) is 1.69. The molecule has 0 N–H and O–H groups in total. The fraction of sp³-hybridized carbons (Fsp3) is 1.00. The van der Waals surface area contributed by atoms with Crippen LogP contribution in [0.15, 0.2) is 0 Å². The fourth-order valence-corrected chi connectivity index (χ4v) is 0.936. The van der Waals surface area contributed by atoms with Gasteiger partial charge < -0.3 is 18.9 Å². The Kier molecular flexibility index (Phi) is 7.39. The molecule has 0 aromatic heterocycles. The van der Waals surface area contributed by atoms with Crippen molar-refractivity contribution >= 4 is 0 Å². The van der Waals surface area contributed by atoms with E-state index >= 15 is 0 Å². The second kappa shape index (κ2) is 7.49. The number of methoxy groups -OCH3 is 4. The molecular formula is C8H18O4. The van der Waals surface area contributed by atoms with Crippen LogP contribution < -0.4 is 0 Å². The molecule has 0 atom stereocenters. The highest BCUT2D eigenvalue weighted by Gasteiger charge is 2.10. The van der Waals surface area contributed by atoms with Crippen LogP contribution in [0, 0.1) is 0 Å². The topological polar surface area (TPSA) is 36.9 Å². The molecule has 0 amide bonds. The minimum absolute atomic E-state index is 0.169. The van der Waals surface area contributed by atoms with E-state index in [1.807, 2.05) is 0 Å². The summed E-state index contributed by atoms with van der Waals surface area (Å²) in [6, 6.07) is 0. The van der Waals surface area contributed by atoms with Crippen LogP contribution in [-0.2, 0) is 18.9 Å². The molecule has 4 heteroatoms. The molecule has 0 rings (SSSR count). The van der Waals surface area contributed by atoms with Crippen molar-refractivity contribution in [2.75, 3.05) is 28.4 Å². The quantitative estimate of drug-likeness (QED) is 0.545. The molecule has 0 aliphatic rings. The van der Waals surface area contributed by atoms with Crippen LogP contribution in [0.5, 0.6) is 0 Å². The molecule has 0 fully saturated rings. The van der Waals surface area contributed by atoms with Gasteiger partial charge in [-0.2, -0.15) is 0 Å². The van der Waals surface area contributed by atoms with Crippen molar-refractivity contribution in [1.29, 1.82) is 0 Å². The summed E-state index contributed by atoms with van der Waals surface area (Å²) in [4.78, 5) is 0. The van der Waals surface area contributed by atoms with Crippen molar-refractivity contribution in [3.05, 3.63) is 0 Å². The first-order chi connectivity index (χ1) is 5.78. The standard InChI is InChI=1S/C8H18O4/c1-9-7(10-2)5-6-8(11-3)12-4/h7-8H,5-6H2,1-4H3. The van der Waals surface area contributed by atoms with Crippen molar-refractivity contribution in [2.45, 2.75) is 25.4 Å². The Labute approximate surface area is 73.7 Å². The van der Waals surface area contributed by atoms with E-state index in [-0.39, 0.29) is 12.6 Å². The van der Waals surface area contributed by atoms with Gasteiger partial charge in [0.1, 0.15) is 0 Å². The molecule has 0 aliphatic carbocycles. The monoisotopic (exact) mass is 178 g/mol. The van der Waals surface area contributed by atoms with Gasteiger partial charge in [-0.3, -0.25) is 0 Å². The van der Waals surface area contributed by atoms with Gasteiger partial charge in [-0.05, 0) is 0 Å². The average Bonchev–Trinajstić information content (AvgIpc) is 2.13. The fourth-order valence-electron chi connectivity index (χ4n) is 0.936. The predicted molar refractivity (Wildman–Crippen MR) is 44.8 cm³/mol. The zero-order chi connectivity index (χ0) is 9.40. The molecule has 0 bridgehead atoms. The van der Waals surface area contributed by atoms with Gasteiger partial charge in [0.25, 0.3) is 0 Å². The molecule has 12 heavy (non-hydrogen) atoms. The molecule has 0 aromatic carbocycles. The smallest absolute Gasteiger partial charge is 0.157 e. The lowest BCUT2D eigenvalue weighted by Crippen LogP contribution is -2.19. The van der Waals surface area contributed by atoms with E-state index in [0.717, 1.165) is 12.8 Å². The van der Waals surface area contributed by atoms with Crippen LogP contribution >= 0.6 is 0 Å². The van der Waals surface area contributed by atoms with Crippen LogP contribution in [-0.4, -0.2) is 41.0 Å². The zero-order valence-corrected chi connectivity index (χ0v) is 8.20. The average molecular weight is 178 g/mol. The summed E-state index contributed by atoms with van der Waals surface area (Å²) >= 11 is 0. The minimum atomic E-state index is -0.169. The number of hydrogen-bond donors (Lipinski definition) is 0. The summed E-state index contributed by atoms with van der Waals surface area (Å²) < 4.78 is 20.0. The highest BCUT2D eigenvalue weighted by molar-refractivity contribution is 4.48. The maximum Gasteiger partial charge on any atom is 0.157 e. The second-order valence-corrected chi connectivity index (χ2v) is 2.38. The zero-order valence-electron chi connectivity index (χ0n) is 8.20. The first kappa shape index (κ1) is 11.8. The Hall–Kier alpha value is -0.160. The normalized spacial score (nSPS) is 11.5. The largest absolute Gasteiger partial charge is 0.356 e. The maximum absolute atomic E-state index is 5.01. The third kappa shape index (κ3) is 4.66. The van der Waals surface area contributed by atoms with E-state index in [2.05, 4.69) is 0 Å². The highest BCUT2D eigenvalue weighted by Crippen LogP contribution is 2.07. The van der Waals surface area contributed by atoms with Crippen molar-refractivity contribution in [3.8, 4) is 0 Å². The summed E-state index contributed by atoms with van der Waals surface area (Å²) in [5, 5.41) is 0. The van der Waals surface area contributed by atoms with Crippen LogP contribution in [0.3, 0.4) is 0 Å². The van der Waals surface area contributed by atoms with E-state index in [9.17, 15) is 0 Å². The molecule has 74 valence electrons. The van der Waals surface area contributed by atoms with Crippen LogP contribution in [0.25, 0.3) is 0 Å². The first-order valence-electron chi connectivity index (χ1n) is 3.89. The van der Waals surface area contributed by atoms with E-state index in [4.69, 9.17) is 18.9 Å². The van der Waals surface area contributed by atoms with Crippen molar-refractivity contribution < 1.29 is 18.9 Å². The minimum Gasteiger partial charge on any atom is -0.356 e. The third-order valence-corrected chi connectivity index (χ3v) is 1.69. The van der Waals surface area contributed by atoms with Gasteiger partial charge in [-0.15, -0.1) is 0 Å². The summed E-state index contributed by atoms with van der Waals surface area (Å²) in [7, 11) is 6.46. The van der Waals surface area contributed by atoms with Crippen molar-refractivity contribution in [3.63, 3.8) is 0 Å². The van der Waals surface area contributed by atoms with Gasteiger partial charge in [0.2, 0.25) is 0 Å². The molecule has 0 spiro atoms. The predicted octanol–water partition coefficient (Wildman–Crippen LogP) is 1.00. The maximum atomic E-state index is 5.01. The van der Waals surface area contributed by atoms with Gasteiger partial charge in [0.15, 0.2) is 12.6 Å². The Morgan fingerprint density at radius 3 is 1.08 bits per heavy atom. The Balaban J connectivity index is 3.49. The van der Waals surface area contributed by atoms with Crippen molar-refractivity contribution in [1.82, 2.24) is 0 Å². The molecule has 0 radical (unpaired) electrons. The number of ether oxygens (including phenoxy) is 4. The highest BCUT2D eigenvalue weighted by atomic mass is 16.7. The second-order valence-electron chi connectivity index (χ2n) is 2.38. The number of hydrogen-bond acceptors (Lipinski definition) is 4. The lowest BCUT2D eigenvalue weighted by Gasteiger charge is -2.17. The molecular weight excluding hydrogens is 160 g/mol. The van der Waals surface area contributed by atoms with Crippen molar-refractivity contribution in [2.24, 2.45) is 0 Å². The Bertz CT molecular complexity index is 77.1. The lowest BCUT2D eigenvalue weighted by atomic mass is 10.3. The number of rotatable bonds is 7. The lowest BCUT2D eigenvalue weighted by molar-refractivity contribution is -0.142. The van der Waals surface area contributed by atoms with E-state index < -0.39 is 0 Å². The molecule has 0 aliphatic heterocycles. The SMILES string of the molecule is COC(CCC(OC)OC)OC. The van der Waals surface area contributed by atoms with Gasteiger partial charge in [0, 0.05) is 41.3 Å². The van der Waals surface area contributed by atoms with E-state index in [1.165, 1.54) is 0 Å². The van der Waals surface area contributed by atoms with Gasteiger partial charge in [-0.1, -0.05) is 0 Å². The summed E-state index contributed by atoms with van der Waals surface area (Å²) in [5.74, 6) is 0. The molecule has 4 nitrogen and oxygen atoms in total. The summed E-state index contributed by atoms with van der Waals surface area (Å²) in [6.45, 7) is 0. The molecule has 0 aromatic rings. The van der Waals surface area contributed by atoms with Gasteiger partial charge in [0.05, 0.1) is 0 Å². The Morgan fingerprint density at radius 1 is 0.667 bits per heavy atom.